The van der Waals surface area contributed by atoms with Crippen LogP contribution in [0.2, 0.25) is 0 Å². The highest BCUT2D eigenvalue weighted by atomic mass is 32.2. The standard InChI is InChI=1S/C19H28N2O8S/c1-3-26-11-12-29-15-5-7-16(8-6-15)30(24,25)21-9-10-27-14-17(21)19(23)20-13-18(22)28-4-2/h5-8,17H,3-4,9-14H2,1-2H3,(H,20,23)/t17-/m0/s1. The van der Waals surface area contributed by atoms with Gasteiger partial charge in [-0.15, -0.1) is 0 Å². The Morgan fingerprint density at radius 3 is 2.57 bits per heavy atom. The molecule has 1 atom stereocenters. The fourth-order valence-electron chi connectivity index (χ4n) is 2.78. The predicted octanol–water partition coefficient (Wildman–Crippen LogP) is 0.171. The van der Waals surface area contributed by atoms with Gasteiger partial charge in [0.15, 0.2) is 0 Å². The van der Waals surface area contributed by atoms with Gasteiger partial charge in [-0.2, -0.15) is 4.31 Å². The van der Waals surface area contributed by atoms with E-state index in [0.29, 0.717) is 25.6 Å². The van der Waals surface area contributed by atoms with Gasteiger partial charge in [0, 0.05) is 13.2 Å². The quantitative estimate of drug-likeness (QED) is 0.379. The molecular formula is C19H28N2O8S. The Balaban J connectivity index is 2.06. The van der Waals surface area contributed by atoms with Crippen LogP contribution in [0.25, 0.3) is 0 Å². The summed E-state index contributed by atoms with van der Waals surface area (Å²) >= 11 is 0. The van der Waals surface area contributed by atoms with Gasteiger partial charge in [0.05, 0.1) is 31.3 Å². The van der Waals surface area contributed by atoms with Gasteiger partial charge in [-0.25, -0.2) is 8.42 Å². The third-order valence-electron chi connectivity index (χ3n) is 4.23. The van der Waals surface area contributed by atoms with Crippen molar-refractivity contribution in [2.24, 2.45) is 0 Å². The summed E-state index contributed by atoms with van der Waals surface area (Å²) in [6.07, 6.45) is 0. The summed E-state index contributed by atoms with van der Waals surface area (Å²) in [4.78, 5) is 24.0. The molecule has 0 radical (unpaired) electrons. The molecule has 2 rings (SSSR count). The van der Waals surface area contributed by atoms with Crippen molar-refractivity contribution in [1.29, 1.82) is 0 Å². The number of esters is 1. The van der Waals surface area contributed by atoms with Crippen LogP contribution in [0.4, 0.5) is 0 Å². The molecule has 1 aliphatic heterocycles. The van der Waals surface area contributed by atoms with Crippen LogP contribution in [-0.2, 0) is 33.8 Å². The van der Waals surface area contributed by atoms with Crippen molar-refractivity contribution in [2.45, 2.75) is 24.8 Å². The maximum atomic E-state index is 13.1. The van der Waals surface area contributed by atoms with E-state index < -0.39 is 27.9 Å². The Bertz CT molecular complexity index is 797. The number of nitrogens with zero attached hydrogens (tertiary/aromatic N) is 1. The van der Waals surface area contributed by atoms with Crippen LogP contribution in [0.15, 0.2) is 29.2 Å². The normalized spacial score (nSPS) is 17.3. The zero-order chi connectivity index (χ0) is 22.0. The van der Waals surface area contributed by atoms with E-state index in [1.807, 2.05) is 6.92 Å². The largest absolute Gasteiger partial charge is 0.491 e. The van der Waals surface area contributed by atoms with Crippen LogP contribution in [0, 0.1) is 0 Å². The lowest BCUT2D eigenvalue weighted by Crippen LogP contribution is -2.56. The van der Waals surface area contributed by atoms with E-state index in [9.17, 15) is 18.0 Å². The SMILES string of the molecule is CCOCCOc1ccc(S(=O)(=O)N2CCOC[C@H]2C(=O)NCC(=O)OCC)cc1. The number of carbonyl (C=O) groups is 2. The summed E-state index contributed by atoms with van der Waals surface area (Å²) in [6, 6.07) is 4.87. The van der Waals surface area contributed by atoms with Crippen LogP contribution in [0.5, 0.6) is 5.75 Å². The van der Waals surface area contributed by atoms with Crippen LogP contribution in [-0.4, -0.2) is 83.4 Å². The van der Waals surface area contributed by atoms with Crippen molar-refractivity contribution in [2.75, 3.05) is 52.7 Å². The fraction of sp³-hybridized carbons (Fsp3) is 0.579. The average molecular weight is 445 g/mol. The monoisotopic (exact) mass is 444 g/mol. The Labute approximate surface area is 176 Å². The number of hydrogen-bond acceptors (Lipinski definition) is 8. The molecule has 0 unspecified atom stereocenters. The van der Waals surface area contributed by atoms with Crippen molar-refractivity contribution in [3.05, 3.63) is 24.3 Å². The molecule has 1 saturated heterocycles. The topological polar surface area (TPSA) is 120 Å². The molecule has 1 fully saturated rings. The second-order valence-electron chi connectivity index (χ2n) is 6.25. The first-order valence-corrected chi connectivity index (χ1v) is 11.2. The minimum Gasteiger partial charge on any atom is -0.491 e. The third-order valence-corrected chi connectivity index (χ3v) is 6.15. The molecule has 0 aromatic heterocycles. The molecule has 1 aromatic carbocycles. The summed E-state index contributed by atoms with van der Waals surface area (Å²) in [6.45, 7) is 4.85. The van der Waals surface area contributed by atoms with Crippen LogP contribution in [0.1, 0.15) is 13.8 Å². The number of morpholine rings is 1. The van der Waals surface area contributed by atoms with E-state index in [4.69, 9.17) is 18.9 Å². The van der Waals surface area contributed by atoms with Crippen molar-refractivity contribution < 1.29 is 37.0 Å². The number of sulfonamides is 1. The molecule has 1 aliphatic rings. The van der Waals surface area contributed by atoms with E-state index >= 15 is 0 Å². The first-order chi connectivity index (χ1) is 14.4. The minimum absolute atomic E-state index is 0.0203. The molecule has 30 heavy (non-hydrogen) atoms. The van der Waals surface area contributed by atoms with Gasteiger partial charge in [-0.3, -0.25) is 9.59 Å². The van der Waals surface area contributed by atoms with Crippen molar-refractivity contribution in [3.8, 4) is 5.75 Å². The highest BCUT2D eigenvalue weighted by Gasteiger charge is 2.38. The van der Waals surface area contributed by atoms with Crippen LogP contribution < -0.4 is 10.1 Å². The smallest absolute Gasteiger partial charge is 0.325 e. The molecule has 168 valence electrons. The van der Waals surface area contributed by atoms with E-state index in [1.54, 1.807) is 19.1 Å². The molecule has 0 spiro atoms. The van der Waals surface area contributed by atoms with E-state index in [-0.39, 0.29) is 37.8 Å². The lowest BCUT2D eigenvalue weighted by Gasteiger charge is -2.33. The average Bonchev–Trinajstić information content (AvgIpc) is 2.75. The van der Waals surface area contributed by atoms with Crippen LogP contribution >= 0.6 is 0 Å². The van der Waals surface area contributed by atoms with Crippen LogP contribution in [0.3, 0.4) is 0 Å². The molecule has 1 amide bonds. The molecule has 1 heterocycles. The number of benzene rings is 1. The number of ether oxygens (including phenoxy) is 4. The van der Waals surface area contributed by atoms with Crippen molar-refractivity contribution in [1.82, 2.24) is 9.62 Å². The highest BCUT2D eigenvalue weighted by Crippen LogP contribution is 2.23. The summed E-state index contributed by atoms with van der Waals surface area (Å²) in [5.41, 5.74) is 0. The lowest BCUT2D eigenvalue weighted by atomic mass is 10.2. The van der Waals surface area contributed by atoms with Crippen molar-refractivity contribution >= 4 is 21.9 Å². The first kappa shape index (κ1) is 24.1. The molecule has 0 bridgehead atoms. The Morgan fingerprint density at radius 1 is 1.17 bits per heavy atom. The Hall–Kier alpha value is -2.21. The van der Waals surface area contributed by atoms with Gasteiger partial charge >= 0.3 is 5.97 Å². The highest BCUT2D eigenvalue weighted by molar-refractivity contribution is 7.89. The summed E-state index contributed by atoms with van der Waals surface area (Å²) in [7, 11) is -3.95. The molecule has 11 heteroatoms. The number of nitrogens with one attached hydrogen (secondary N) is 1. The van der Waals surface area contributed by atoms with Gasteiger partial charge in [-0.1, -0.05) is 0 Å². The minimum atomic E-state index is -3.95. The zero-order valence-electron chi connectivity index (χ0n) is 17.2. The Morgan fingerprint density at radius 2 is 1.90 bits per heavy atom. The van der Waals surface area contributed by atoms with Crippen molar-refractivity contribution in [3.63, 3.8) is 0 Å². The summed E-state index contributed by atoms with van der Waals surface area (Å²) in [5, 5.41) is 2.40. The number of carbonyl (C=O) groups excluding carboxylic acids is 2. The molecule has 10 nitrogen and oxygen atoms in total. The van der Waals surface area contributed by atoms with Gasteiger partial charge in [0.25, 0.3) is 0 Å². The van der Waals surface area contributed by atoms with Gasteiger partial charge in [0.1, 0.15) is 24.9 Å². The molecule has 0 aliphatic carbocycles. The first-order valence-electron chi connectivity index (χ1n) is 9.73. The lowest BCUT2D eigenvalue weighted by molar-refractivity contribution is -0.144. The predicted molar refractivity (Wildman–Crippen MR) is 107 cm³/mol. The van der Waals surface area contributed by atoms with Gasteiger partial charge in [0.2, 0.25) is 15.9 Å². The summed E-state index contributed by atoms with van der Waals surface area (Å²) in [5.74, 6) is -0.710. The second-order valence-corrected chi connectivity index (χ2v) is 8.14. The summed E-state index contributed by atoms with van der Waals surface area (Å²) < 4.78 is 48.0. The van der Waals surface area contributed by atoms with Gasteiger partial charge in [-0.05, 0) is 38.1 Å². The number of amides is 1. The molecule has 0 saturated carbocycles. The molecular weight excluding hydrogens is 416 g/mol. The van der Waals surface area contributed by atoms with Gasteiger partial charge < -0.3 is 24.3 Å². The third kappa shape index (κ3) is 6.66. The zero-order valence-corrected chi connectivity index (χ0v) is 18.0. The molecule has 1 N–H and O–H groups in total. The molecule has 1 aromatic rings. The maximum Gasteiger partial charge on any atom is 0.325 e. The maximum absolute atomic E-state index is 13.1. The van der Waals surface area contributed by atoms with E-state index in [0.717, 1.165) is 4.31 Å². The van der Waals surface area contributed by atoms with E-state index in [1.165, 1.54) is 12.1 Å². The van der Waals surface area contributed by atoms with E-state index in [2.05, 4.69) is 5.32 Å². The Kier molecular flexibility index (Phi) is 9.50. The number of rotatable bonds is 11. The second kappa shape index (κ2) is 11.8. The fourth-order valence-corrected chi connectivity index (χ4v) is 4.34. The number of hydrogen-bond donors (Lipinski definition) is 1.